The van der Waals surface area contributed by atoms with Crippen LogP contribution in [0.25, 0.3) is 33.5 Å². The Morgan fingerprint density at radius 3 is 2.52 bits per heavy atom. The van der Waals surface area contributed by atoms with Crippen molar-refractivity contribution in [2.75, 3.05) is 0 Å². The molecule has 0 amide bonds. The highest BCUT2D eigenvalue weighted by Crippen LogP contribution is 2.37. The van der Waals surface area contributed by atoms with E-state index in [-0.39, 0.29) is 0 Å². The predicted octanol–water partition coefficient (Wildman–Crippen LogP) is 7.11. The Bertz CT molecular complexity index is 1410. The molecule has 3 heteroatoms. The van der Waals surface area contributed by atoms with Crippen molar-refractivity contribution in [1.82, 2.24) is 9.97 Å². The van der Waals surface area contributed by atoms with Gasteiger partial charge in [0.15, 0.2) is 0 Å². The molecule has 6 rings (SSSR count). The second-order valence-electron chi connectivity index (χ2n) is 8.69. The van der Waals surface area contributed by atoms with Crippen LogP contribution in [-0.4, -0.2) is 9.97 Å². The standard InChI is InChI=1S/C28H24N2O/c1-17(2)20-10-6-7-11-21(20)19-12-13-22-23-15-26-27(16-25(23)29-24(22)14-19)31-28(30-26)18-8-4-3-5-9-18/h3-14,17,29H,15-16H2,1-2H3. The third-order valence-electron chi connectivity index (χ3n) is 6.37. The van der Waals surface area contributed by atoms with Crippen molar-refractivity contribution in [2.45, 2.75) is 32.6 Å². The van der Waals surface area contributed by atoms with E-state index in [2.05, 4.69) is 61.3 Å². The van der Waals surface area contributed by atoms with Gasteiger partial charge in [0.05, 0.1) is 5.69 Å². The maximum Gasteiger partial charge on any atom is 0.226 e. The molecule has 3 aromatic carbocycles. The van der Waals surface area contributed by atoms with Crippen LogP contribution < -0.4 is 0 Å². The first kappa shape index (κ1) is 18.2. The van der Waals surface area contributed by atoms with Crippen LogP contribution in [0.5, 0.6) is 0 Å². The first-order chi connectivity index (χ1) is 15.2. The van der Waals surface area contributed by atoms with Gasteiger partial charge in [-0.3, -0.25) is 0 Å². The van der Waals surface area contributed by atoms with Crippen molar-refractivity contribution in [3.63, 3.8) is 0 Å². The molecule has 152 valence electrons. The summed E-state index contributed by atoms with van der Waals surface area (Å²) in [6.07, 6.45) is 1.57. The van der Waals surface area contributed by atoms with Crippen molar-refractivity contribution in [3.05, 3.63) is 101 Å². The number of nitrogens with one attached hydrogen (secondary N) is 1. The molecule has 0 bridgehead atoms. The second-order valence-corrected chi connectivity index (χ2v) is 8.69. The molecule has 1 aliphatic rings. The molecule has 0 aliphatic heterocycles. The van der Waals surface area contributed by atoms with Crippen molar-refractivity contribution >= 4 is 10.9 Å². The Hall–Kier alpha value is -3.59. The Morgan fingerprint density at radius 2 is 1.68 bits per heavy atom. The molecular formula is C28H24N2O. The Morgan fingerprint density at radius 1 is 0.871 bits per heavy atom. The minimum Gasteiger partial charge on any atom is -0.440 e. The van der Waals surface area contributed by atoms with Crippen molar-refractivity contribution in [3.8, 4) is 22.6 Å². The average molecular weight is 405 g/mol. The zero-order valence-corrected chi connectivity index (χ0v) is 17.8. The number of benzene rings is 3. The lowest BCUT2D eigenvalue weighted by Gasteiger charge is -2.13. The summed E-state index contributed by atoms with van der Waals surface area (Å²) in [5, 5.41) is 1.29. The molecule has 5 aromatic rings. The SMILES string of the molecule is CC(C)c1ccccc1-c1ccc2c3c([nH]c2c1)Cc1oc(-c2ccccc2)nc1C3. The molecule has 31 heavy (non-hydrogen) atoms. The number of hydrogen-bond acceptors (Lipinski definition) is 2. The number of H-pyrrole nitrogens is 1. The van der Waals surface area contributed by atoms with Crippen LogP contribution in [0.2, 0.25) is 0 Å². The quantitative estimate of drug-likeness (QED) is 0.341. The molecule has 0 atom stereocenters. The van der Waals surface area contributed by atoms with Gasteiger partial charge in [0.25, 0.3) is 0 Å². The molecule has 0 saturated carbocycles. The van der Waals surface area contributed by atoms with Gasteiger partial charge in [0.2, 0.25) is 5.89 Å². The molecule has 1 aliphatic carbocycles. The molecule has 0 spiro atoms. The molecule has 2 heterocycles. The van der Waals surface area contributed by atoms with Crippen LogP contribution in [-0.2, 0) is 12.8 Å². The summed E-state index contributed by atoms with van der Waals surface area (Å²) in [5.74, 6) is 2.18. The van der Waals surface area contributed by atoms with Crippen LogP contribution in [0.4, 0.5) is 0 Å². The van der Waals surface area contributed by atoms with E-state index >= 15 is 0 Å². The molecular weight excluding hydrogens is 380 g/mol. The summed E-state index contributed by atoms with van der Waals surface area (Å²) >= 11 is 0. The summed E-state index contributed by atoms with van der Waals surface area (Å²) in [5.41, 5.74) is 9.82. The third kappa shape index (κ3) is 3.00. The van der Waals surface area contributed by atoms with Gasteiger partial charge in [0, 0.05) is 35.0 Å². The number of nitrogens with zero attached hydrogens (tertiary/aromatic N) is 1. The molecule has 0 radical (unpaired) electrons. The van der Waals surface area contributed by atoms with Crippen LogP contribution >= 0.6 is 0 Å². The van der Waals surface area contributed by atoms with Crippen LogP contribution in [0.3, 0.4) is 0 Å². The summed E-state index contributed by atoms with van der Waals surface area (Å²) in [6, 6.07) is 25.7. The maximum absolute atomic E-state index is 6.15. The van der Waals surface area contributed by atoms with E-state index in [9.17, 15) is 0 Å². The first-order valence-electron chi connectivity index (χ1n) is 10.9. The highest BCUT2D eigenvalue weighted by atomic mass is 16.4. The van der Waals surface area contributed by atoms with Crippen LogP contribution in [0.1, 0.15) is 48.0 Å². The molecule has 1 N–H and O–H groups in total. The largest absolute Gasteiger partial charge is 0.440 e. The summed E-state index contributed by atoms with van der Waals surface area (Å²) in [7, 11) is 0. The summed E-state index contributed by atoms with van der Waals surface area (Å²) in [6.45, 7) is 4.50. The Kier molecular flexibility index (Phi) is 4.10. The maximum atomic E-state index is 6.15. The third-order valence-corrected chi connectivity index (χ3v) is 6.37. The van der Waals surface area contributed by atoms with Gasteiger partial charge in [-0.1, -0.05) is 68.4 Å². The number of oxazole rings is 1. The van der Waals surface area contributed by atoms with Gasteiger partial charge >= 0.3 is 0 Å². The van der Waals surface area contributed by atoms with Gasteiger partial charge in [-0.05, 0) is 46.4 Å². The predicted molar refractivity (Wildman–Crippen MR) is 125 cm³/mol. The monoisotopic (exact) mass is 404 g/mol. The van der Waals surface area contributed by atoms with E-state index in [1.807, 2.05) is 30.3 Å². The fraction of sp³-hybridized carbons (Fsp3) is 0.179. The second kappa shape index (κ2) is 6.98. The van der Waals surface area contributed by atoms with E-state index < -0.39 is 0 Å². The average Bonchev–Trinajstić information content (AvgIpc) is 3.38. The first-order valence-corrected chi connectivity index (χ1v) is 10.9. The smallest absolute Gasteiger partial charge is 0.226 e. The Labute approximate surface area is 181 Å². The van der Waals surface area contributed by atoms with Crippen LogP contribution in [0, 0.1) is 0 Å². The molecule has 0 fully saturated rings. The zero-order valence-electron chi connectivity index (χ0n) is 17.8. The van der Waals surface area contributed by atoms with Crippen molar-refractivity contribution < 1.29 is 4.42 Å². The lowest BCUT2D eigenvalue weighted by atomic mass is 9.91. The molecule has 0 saturated heterocycles. The minimum absolute atomic E-state index is 0.490. The zero-order chi connectivity index (χ0) is 20.9. The van der Waals surface area contributed by atoms with Gasteiger partial charge < -0.3 is 9.40 Å². The summed E-state index contributed by atoms with van der Waals surface area (Å²) < 4.78 is 6.15. The van der Waals surface area contributed by atoms with Crippen molar-refractivity contribution in [2.24, 2.45) is 0 Å². The normalized spacial score (nSPS) is 12.9. The highest BCUT2D eigenvalue weighted by Gasteiger charge is 2.25. The van der Waals surface area contributed by atoms with E-state index in [1.165, 1.54) is 38.9 Å². The molecule has 3 nitrogen and oxygen atoms in total. The van der Waals surface area contributed by atoms with Gasteiger partial charge in [0.1, 0.15) is 5.76 Å². The van der Waals surface area contributed by atoms with Crippen molar-refractivity contribution in [1.29, 1.82) is 0 Å². The van der Waals surface area contributed by atoms with E-state index in [0.717, 1.165) is 29.9 Å². The Balaban J connectivity index is 1.39. The fourth-order valence-corrected chi connectivity index (χ4v) is 4.79. The highest BCUT2D eigenvalue weighted by molar-refractivity contribution is 5.90. The van der Waals surface area contributed by atoms with Gasteiger partial charge in [-0.2, -0.15) is 0 Å². The lowest BCUT2D eigenvalue weighted by molar-refractivity contribution is 0.521. The number of fused-ring (bicyclic) bond motifs is 4. The lowest BCUT2D eigenvalue weighted by Crippen LogP contribution is -2.04. The van der Waals surface area contributed by atoms with Gasteiger partial charge in [-0.25, -0.2) is 4.98 Å². The molecule has 2 aromatic heterocycles. The van der Waals surface area contributed by atoms with E-state index in [1.54, 1.807) is 0 Å². The number of hydrogen-bond donors (Lipinski definition) is 1. The minimum atomic E-state index is 0.490. The fourth-order valence-electron chi connectivity index (χ4n) is 4.79. The number of rotatable bonds is 3. The summed E-state index contributed by atoms with van der Waals surface area (Å²) in [4.78, 5) is 8.50. The van der Waals surface area contributed by atoms with Crippen LogP contribution in [0.15, 0.2) is 77.2 Å². The van der Waals surface area contributed by atoms with E-state index in [4.69, 9.17) is 9.40 Å². The molecule has 0 unspecified atom stereocenters. The topological polar surface area (TPSA) is 41.8 Å². The number of aromatic nitrogens is 2. The van der Waals surface area contributed by atoms with Gasteiger partial charge in [-0.15, -0.1) is 0 Å². The number of aromatic amines is 1. The van der Waals surface area contributed by atoms with E-state index in [0.29, 0.717) is 11.8 Å².